The van der Waals surface area contributed by atoms with Gasteiger partial charge in [-0.25, -0.2) is 4.68 Å². The molecule has 2 aliphatic rings. The summed E-state index contributed by atoms with van der Waals surface area (Å²) < 4.78 is 10.1. The fourth-order valence-corrected chi connectivity index (χ4v) is 4.05. The van der Waals surface area contributed by atoms with Crippen molar-refractivity contribution in [2.24, 2.45) is 5.92 Å². The molecular weight excluding hydrogens is 310 g/mol. The van der Waals surface area contributed by atoms with Crippen molar-refractivity contribution in [1.29, 1.82) is 0 Å². The molecule has 7 heteroatoms. The number of aryl methyl sites for hydroxylation is 2. The monoisotopic (exact) mass is 331 g/mol. The fourth-order valence-electron chi connectivity index (χ4n) is 3.62. The van der Waals surface area contributed by atoms with Crippen molar-refractivity contribution < 1.29 is 0 Å². The van der Waals surface area contributed by atoms with E-state index in [9.17, 15) is 4.79 Å². The number of piperidine rings is 1. The number of nitrogens with zero attached hydrogens (tertiary/aromatic N) is 5. The maximum atomic E-state index is 12.3. The Labute approximate surface area is 139 Å². The number of aromatic nitrogens is 4. The SMILES string of the molecule is O=c1cc2c(nn1CC1CCN(c3cnsn3)CC1)CCCC2. The van der Waals surface area contributed by atoms with Gasteiger partial charge in [-0.3, -0.25) is 4.79 Å². The Hall–Kier alpha value is -1.76. The Kier molecular flexibility index (Phi) is 4.11. The molecule has 1 saturated heterocycles. The van der Waals surface area contributed by atoms with Gasteiger partial charge in [0.05, 0.1) is 23.6 Å². The van der Waals surface area contributed by atoms with E-state index in [2.05, 4.69) is 18.7 Å². The maximum absolute atomic E-state index is 12.3. The molecule has 4 rings (SSSR count). The van der Waals surface area contributed by atoms with Gasteiger partial charge in [-0.15, -0.1) is 0 Å². The molecule has 0 atom stereocenters. The molecule has 1 aliphatic carbocycles. The van der Waals surface area contributed by atoms with Crippen molar-refractivity contribution in [2.75, 3.05) is 18.0 Å². The first-order valence-corrected chi connectivity index (χ1v) is 9.15. The van der Waals surface area contributed by atoms with Gasteiger partial charge >= 0.3 is 0 Å². The zero-order valence-corrected chi connectivity index (χ0v) is 14.0. The third kappa shape index (κ3) is 3.15. The lowest BCUT2D eigenvalue weighted by atomic mass is 9.96. The minimum absolute atomic E-state index is 0.0665. The predicted molar refractivity (Wildman–Crippen MR) is 90.0 cm³/mol. The van der Waals surface area contributed by atoms with Crippen molar-refractivity contribution in [1.82, 2.24) is 18.5 Å². The number of hydrogen-bond donors (Lipinski definition) is 0. The molecule has 1 aliphatic heterocycles. The second-order valence-electron chi connectivity index (χ2n) is 6.54. The summed E-state index contributed by atoms with van der Waals surface area (Å²) in [5, 5.41) is 4.65. The Morgan fingerprint density at radius 2 is 2.04 bits per heavy atom. The van der Waals surface area contributed by atoms with Gasteiger partial charge in [0.15, 0.2) is 5.82 Å². The molecule has 0 aromatic carbocycles. The molecule has 0 bridgehead atoms. The molecule has 6 nitrogen and oxygen atoms in total. The highest BCUT2D eigenvalue weighted by Crippen LogP contribution is 2.23. The van der Waals surface area contributed by atoms with E-state index in [0.29, 0.717) is 5.92 Å². The van der Waals surface area contributed by atoms with E-state index in [1.54, 1.807) is 4.68 Å². The van der Waals surface area contributed by atoms with Crippen molar-refractivity contribution >= 4 is 17.5 Å². The van der Waals surface area contributed by atoms with Crippen LogP contribution < -0.4 is 10.5 Å². The van der Waals surface area contributed by atoms with Crippen LogP contribution in [0.5, 0.6) is 0 Å². The van der Waals surface area contributed by atoms with Gasteiger partial charge in [-0.05, 0) is 50.0 Å². The largest absolute Gasteiger partial charge is 0.354 e. The first-order valence-electron chi connectivity index (χ1n) is 8.42. The molecule has 0 unspecified atom stereocenters. The second kappa shape index (κ2) is 6.39. The number of hydrogen-bond acceptors (Lipinski definition) is 6. The van der Waals surface area contributed by atoms with Crippen molar-refractivity contribution in [3.63, 3.8) is 0 Å². The van der Waals surface area contributed by atoms with Crippen LogP contribution in [0.15, 0.2) is 17.1 Å². The summed E-state index contributed by atoms with van der Waals surface area (Å²) in [5.74, 6) is 1.50. The van der Waals surface area contributed by atoms with E-state index < -0.39 is 0 Å². The smallest absolute Gasteiger partial charge is 0.267 e. The zero-order chi connectivity index (χ0) is 15.6. The van der Waals surface area contributed by atoms with Crippen molar-refractivity contribution in [3.05, 3.63) is 33.9 Å². The molecule has 3 heterocycles. The Morgan fingerprint density at radius 1 is 1.22 bits per heavy atom. The molecule has 23 heavy (non-hydrogen) atoms. The number of rotatable bonds is 3. The van der Waals surface area contributed by atoms with E-state index in [4.69, 9.17) is 0 Å². The summed E-state index contributed by atoms with van der Waals surface area (Å²) in [6.07, 6.45) is 8.38. The van der Waals surface area contributed by atoms with Gasteiger partial charge in [-0.2, -0.15) is 13.8 Å². The fraction of sp³-hybridized carbons (Fsp3) is 0.625. The normalized spacial score (nSPS) is 18.9. The van der Waals surface area contributed by atoms with E-state index in [0.717, 1.165) is 56.8 Å². The molecule has 1 fully saturated rings. The quantitative estimate of drug-likeness (QED) is 0.859. The predicted octanol–water partition coefficient (Wildman–Crippen LogP) is 1.89. The summed E-state index contributed by atoms with van der Waals surface area (Å²) in [6, 6.07) is 1.82. The molecule has 0 N–H and O–H groups in total. The third-order valence-electron chi connectivity index (χ3n) is 4.99. The lowest BCUT2D eigenvalue weighted by Crippen LogP contribution is -2.37. The van der Waals surface area contributed by atoms with Gasteiger partial charge in [0.2, 0.25) is 0 Å². The Morgan fingerprint density at radius 3 is 2.83 bits per heavy atom. The molecule has 0 radical (unpaired) electrons. The molecule has 0 amide bonds. The van der Waals surface area contributed by atoms with Crippen LogP contribution in [0.3, 0.4) is 0 Å². The standard InChI is InChI=1S/C16H21N5OS/c22-16-9-13-3-1-2-4-14(13)18-21(16)11-12-5-7-20(8-6-12)15-10-17-23-19-15/h9-10,12H,1-8,11H2. The molecule has 2 aromatic heterocycles. The summed E-state index contributed by atoms with van der Waals surface area (Å²) >= 11 is 1.25. The minimum Gasteiger partial charge on any atom is -0.354 e. The van der Waals surface area contributed by atoms with Crippen LogP contribution in [0.4, 0.5) is 5.82 Å². The first kappa shape index (κ1) is 14.8. The summed E-state index contributed by atoms with van der Waals surface area (Å²) in [6.45, 7) is 2.71. The van der Waals surface area contributed by atoms with Gasteiger partial charge in [0, 0.05) is 25.7 Å². The second-order valence-corrected chi connectivity index (χ2v) is 7.10. The summed E-state index contributed by atoms with van der Waals surface area (Å²) in [5.41, 5.74) is 2.38. The van der Waals surface area contributed by atoms with E-state index >= 15 is 0 Å². The highest BCUT2D eigenvalue weighted by Gasteiger charge is 2.22. The molecular formula is C16H21N5OS. The first-order chi connectivity index (χ1) is 11.3. The lowest BCUT2D eigenvalue weighted by Gasteiger charge is -2.31. The molecule has 122 valence electrons. The van der Waals surface area contributed by atoms with Crippen molar-refractivity contribution in [2.45, 2.75) is 45.1 Å². The summed E-state index contributed by atoms with van der Waals surface area (Å²) in [4.78, 5) is 14.6. The van der Waals surface area contributed by atoms with E-state index in [-0.39, 0.29) is 5.56 Å². The van der Waals surface area contributed by atoms with Gasteiger partial charge in [0.25, 0.3) is 5.56 Å². The van der Waals surface area contributed by atoms with E-state index in [1.165, 1.54) is 30.1 Å². The maximum Gasteiger partial charge on any atom is 0.267 e. The van der Waals surface area contributed by atoms with Gasteiger partial charge < -0.3 is 4.90 Å². The van der Waals surface area contributed by atoms with Crippen LogP contribution in [0, 0.1) is 5.92 Å². The number of fused-ring (bicyclic) bond motifs is 1. The molecule has 0 saturated carbocycles. The highest BCUT2D eigenvalue weighted by molar-refractivity contribution is 6.99. The zero-order valence-electron chi connectivity index (χ0n) is 13.1. The van der Waals surface area contributed by atoms with Crippen molar-refractivity contribution in [3.8, 4) is 0 Å². The topological polar surface area (TPSA) is 63.9 Å². The average Bonchev–Trinajstić information content (AvgIpc) is 3.11. The van der Waals surface area contributed by atoms with Crippen LogP contribution in [0.2, 0.25) is 0 Å². The van der Waals surface area contributed by atoms with Crippen LogP contribution in [-0.2, 0) is 19.4 Å². The van der Waals surface area contributed by atoms with Crippen LogP contribution in [0.1, 0.15) is 36.9 Å². The number of anilines is 1. The highest BCUT2D eigenvalue weighted by atomic mass is 32.1. The van der Waals surface area contributed by atoms with Crippen LogP contribution >= 0.6 is 11.7 Å². The third-order valence-corrected chi connectivity index (χ3v) is 5.46. The lowest BCUT2D eigenvalue weighted by molar-refractivity contribution is 0.331. The minimum atomic E-state index is 0.0665. The molecule has 0 spiro atoms. The van der Waals surface area contributed by atoms with Gasteiger partial charge in [0.1, 0.15) is 0 Å². The average molecular weight is 331 g/mol. The van der Waals surface area contributed by atoms with E-state index in [1.807, 2.05) is 12.3 Å². The Balaban J connectivity index is 1.42. The van der Waals surface area contributed by atoms with Crippen LogP contribution in [-0.4, -0.2) is 31.6 Å². The van der Waals surface area contributed by atoms with Gasteiger partial charge in [-0.1, -0.05) is 0 Å². The summed E-state index contributed by atoms with van der Waals surface area (Å²) in [7, 11) is 0. The van der Waals surface area contributed by atoms with Crippen LogP contribution in [0.25, 0.3) is 0 Å². The Bertz CT molecular complexity index is 719. The molecule has 2 aromatic rings.